The predicted molar refractivity (Wildman–Crippen MR) is 73.1 cm³/mol. The number of halogens is 1. The molecule has 2 rings (SSSR count). The van der Waals surface area contributed by atoms with Gasteiger partial charge in [-0.05, 0) is 36.8 Å². The lowest BCUT2D eigenvalue weighted by Crippen LogP contribution is -2.13. The van der Waals surface area contributed by atoms with Gasteiger partial charge in [-0.25, -0.2) is 4.98 Å². The topological polar surface area (TPSA) is 65.8 Å². The van der Waals surface area contributed by atoms with Crippen LogP contribution in [0.25, 0.3) is 0 Å². The normalized spacial score (nSPS) is 9.74. The molecule has 0 aliphatic rings. The lowest BCUT2D eigenvalue weighted by molar-refractivity contribution is 0.102. The number of hydrogen-bond donors (Lipinski definition) is 1. The standard InChI is InChI=1S/C14H10ClN3O/c1-9-2-4-11(6-12(9)15)18-14(19)13-5-3-10(7-16)8-17-13/h2-6,8H,1H3,(H,18,19). The van der Waals surface area contributed by atoms with Crippen LogP contribution in [0.4, 0.5) is 5.69 Å². The third-order valence-electron chi connectivity index (χ3n) is 2.55. The number of nitrogens with zero attached hydrogens (tertiary/aromatic N) is 2. The summed E-state index contributed by atoms with van der Waals surface area (Å²) in [6, 6.07) is 10.3. The van der Waals surface area contributed by atoms with Gasteiger partial charge in [-0.2, -0.15) is 5.26 Å². The lowest BCUT2D eigenvalue weighted by atomic mass is 10.2. The molecule has 0 saturated carbocycles. The molecule has 1 heterocycles. The number of nitriles is 1. The Bertz CT molecular complexity index is 659. The lowest BCUT2D eigenvalue weighted by Gasteiger charge is -2.06. The molecule has 0 radical (unpaired) electrons. The van der Waals surface area contributed by atoms with Gasteiger partial charge in [-0.15, -0.1) is 0 Å². The van der Waals surface area contributed by atoms with Crippen LogP contribution in [0.1, 0.15) is 21.6 Å². The van der Waals surface area contributed by atoms with Gasteiger partial charge in [0.1, 0.15) is 11.8 Å². The average molecular weight is 272 g/mol. The van der Waals surface area contributed by atoms with E-state index < -0.39 is 0 Å². The first-order valence-corrected chi connectivity index (χ1v) is 5.91. The Balaban J connectivity index is 2.16. The first-order valence-electron chi connectivity index (χ1n) is 5.54. The van der Waals surface area contributed by atoms with Crippen molar-refractivity contribution in [2.45, 2.75) is 6.92 Å². The second-order valence-corrected chi connectivity index (χ2v) is 4.37. The van der Waals surface area contributed by atoms with E-state index in [4.69, 9.17) is 16.9 Å². The largest absolute Gasteiger partial charge is 0.321 e. The van der Waals surface area contributed by atoms with E-state index in [1.54, 1.807) is 18.2 Å². The third kappa shape index (κ3) is 3.09. The molecule has 4 nitrogen and oxygen atoms in total. The van der Waals surface area contributed by atoms with Crippen LogP contribution in [0.2, 0.25) is 5.02 Å². The second-order valence-electron chi connectivity index (χ2n) is 3.96. The van der Waals surface area contributed by atoms with Gasteiger partial charge in [0.2, 0.25) is 0 Å². The molecule has 0 aliphatic heterocycles. The molecule has 94 valence electrons. The number of nitrogens with one attached hydrogen (secondary N) is 1. The maximum absolute atomic E-state index is 11.9. The summed E-state index contributed by atoms with van der Waals surface area (Å²) in [6.07, 6.45) is 1.36. The number of aromatic nitrogens is 1. The highest BCUT2D eigenvalue weighted by atomic mass is 35.5. The van der Waals surface area contributed by atoms with Crippen molar-refractivity contribution >= 4 is 23.2 Å². The van der Waals surface area contributed by atoms with Crippen LogP contribution in [0.5, 0.6) is 0 Å². The molecule has 0 spiro atoms. The average Bonchev–Trinajstić information content (AvgIpc) is 2.43. The summed E-state index contributed by atoms with van der Waals surface area (Å²) in [5.74, 6) is -0.343. The molecule has 1 aromatic carbocycles. The van der Waals surface area contributed by atoms with E-state index in [0.717, 1.165) is 5.56 Å². The van der Waals surface area contributed by atoms with Crippen LogP contribution in [0.15, 0.2) is 36.5 Å². The van der Waals surface area contributed by atoms with Crippen molar-refractivity contribution in [1.82, 2.24) is 4.98 Å². The number of carbonyl (C=O) groups is 1. The highest BCUT2D eigenvalue weighted by molar-refractivity contribution is 6.31. The molecular weight excluding hydrogens is 262 g/mol. The summed E-state index contributed by atoms with van der Waals surface area (Å²) in [5, 5.41) is 11.9. The Kier molecular flexibility index (Phi) is 3.79. The summed E-state index contributed by atoms with van der Waals surface area (Å²) in [5.41, 5.74) is 2.20. The number of rotatable bonds is 2. The Labute approximate surface area is 115 Å². The molecular formula is C14H10ClN3O. The monoisotopic (exact) mass is 271 g/mol. The Morgan fingerprint density at radius 2 is 2.16 bits per heavy atom. The number of amides is 1. The molecule has 0 saturated heterocycles. The fraction of sp³-hybridized carbons (Fsp3) is 0.0714. The van der Waals surface area contributed by atoms with Crippen molar-refractivity contribution in [3.63, 3.8) is 0 Å². The van der Waals surface area contributed by atoms with Gasteiger partial charge in [0.05, 0.1) is 5.56 Å². The fourth-order valence-corrected chi connectivity index (χ4v) is 1.64. The maximum Gasteiger partial charge on any atom is 0.274 e. The quantitative estimate of drug-likeness (QED) is 0.912. The van der Waals surface area contributed by atoms with Gasteiger partial charge >= 0.3 is 0 Å². The number of pyridine rings is 1. The van der Waals surface area contributed by atoms with Crippen LogP contribution in [0, 0.1) is 18.3 Å². The van der Waals surface area contributed by atoms with Gasteiger partial charge in [0.25, 0.3) is 5.91 Å². The summed E-state index contributed by atoms with van der Waals surface area (Å²) >= 11 is 5.98. The molecule has 0 fully saturated rings. The van der Waals surface area contributed by atoms with E-state index in [1.807, 2.05) is 19.1 Å². The van der Waals surface area contributed by atoms with E-state index in [9.17, 15) is 4.79 Å². The maximum atomic E-state index is 11.9. The molecule has 1 N–H and O–H groups in total. The van der Waals surface area contributed by atoms with Gasteiger partial charge < -0.3 is 5.32 Å². The first-order chi connectivity index (χ1) is 9.10. The molecule has 0 unspecified atom stereocenters. The van der Waals surface area contributed by atoms with Crippen LogP contribution < -0.4 is 5.32 Å². The van der Waals surface area contributed by atoms with E-state index in [-0.39, 0.29) is 11.6 Å². The SMILES string of the molecule is Cc1ccc(NC(=O)c2ccc(C#N)cn2)cc1Cl. The number of benzene rings is 1. The summed E-state index contributed by atoms with van der Waals surface area (Å²) in [4.78, 5) is 15.8. The van der Waals surface area contributed by atoms with Crippen LogP contribution in [-0.2, 0) is 0 Å². The zero-order chi connectivity index (χ0) is 13.8. The Morgan fingerprint density at radius 3 is 2.74 bits per heavy atom. The van der Waals surface area contributed by atoms with Gasteiger partial charge in [-0.1, -0.05) is 17.7 Å². The molecule has 19 heavy (non-hydrogen) atoms. The van der Waals surface area contributed by atoms with Crippen molar-refractivity contribution in [2.75, 3.05) is 5.32 Å². The van der Waals surface area contributed by atoms with Gasteiger partial charge in [0.15, 0.2) is 0 Å². The van der Waals surface area contributed by atoms with E-state index in [1.165, 1.54) is 12.3 Å². The van der Waals surface area contributed by atoms with Gasteiger partial charge in [0, 0.05) is 16.9 Å². The molecule has 0 atom stereocenters. The van der Waals surface area contributed by atoms with E-state index in [0.29, 0.717) is 16.3 Å². The highest BCUT2D eigenvalue weighted by Crippen LogP contribution is 2.20. The minimum atomic E-state index is -0.343. The molecule has 5 heteroatoms. The van der Waals surface area contributed by atoms with Crippen LogP contribution in [-0.4, -0.2) is 10.9 Å². The molecule has 0 bridgehead atoms. The number of hydrogen-bond acceptors (Lipinski definition) is 3. The van der Waals surface area contributed by atoms with Crippen LogP contribution >= 0.6 is 11.6 Å². The molecule has 1 amide bonds. The van der Waals surface area contributed by atoms with E-state index >= 15 is 0 Å². The van der Waals surface area contributed by atoms with Gasteiger partial charge in [-0.3, -0.25) is 4.79 Å². The zero-order valence-electron chi connectivity index (χ0n) is 10.1. The summed E-state index contributed by atoms with van der Waals surface area (Å²) in [6.45, 7) is 1.89. The minimum absolute atomic E-state index is 0.246. The van der Waals surface area contributed by atoms with Crippen molar-refractivity contribution in [3.8, 4) is 6.07 Å². The second kappa shape index (κ2) is 5.51. The highest BCUT2D eigenvalue weighted by Gasteiger charge is 2.08. The zero-order valence-corrected chi connectivity index (χ0v) is 10.9. The van der Waals surface area contributed by atoms with Crippen molar-refractivity contribution in [3.05, 3.63) is 58.4 Å². The number of aryl methyl sites for hydroxylation is 1. The third-order valence-corrected chi connectivity index (χ3v) is 2.96. The van der Waals surface area contributed by atoms with E-state index in [2.05, 4.69) is 10.3 Å². The summed E-state index contributed by atoms with van der Waals surface area (Å²) < 4.78 is 0. The Hall–Kier alpha value is -2.38. The van der Waals surface area contributed by atoms with Crippen molar-refractivity contribution in [1.29, 1.82) is 5.26 Å². The van der Waals surface area contributed by atoms with Crippen molar-refractivity contribution < 1.29 is 4.79 Å². The predicted octanol–water partition coefficient (Wildman–Crippen LogP) is 3.17. The summed E-state index contributed by atoms with van der Waals surface area (Å²) in [7, 11) is 0. The molecule has 0 aliphatic carbocycles. The van der Waals surface area contributed by atoms with Crippen molar-refractivity contribution in [2.24, 2.45) is 0 Å². The first kappa shape index (κ1) is 13.1. The molecule has 2 aromatic rings. The van der Waals surface area contributed by atoms with Crippen LogP contribution in [0.3, 0.4) is 0 Å². The fourth-order valence-electron chi connectivity index (χ4n) is 1.46. The minimum Gasteiger partial charge on any atom is -0.321 e. The smallest absolute Gasteiger partial charge is 0.274 e. The number of carbonyl (C=O) groups excluding carboxylic acids is 1. The number of anilines is 1. The molecule has 1 aromatic heterocycles. The Morgan fingerprint density at radius 1 is 1.37 bits per heavy atom.